The van der Waals surface area contributed by atoms with Crippen LogP contribution in [0, 0.1) is 11.3 Å². The summed E-state index contributed by atoms with van der Waals surface area (Å²) in [7, 11) is 0. The molecule has 4 heteroatoms. The summed E-state index contributed by atoms with van der Waals surface area (Å²) in [6.07, 6.45) is 1.12. The van der Waals surface area contributed by atoms with Gasteiger partial charge in [0.05, 0.1) is 13.2 Å². The molecule has 1 fully saturated rings. The molecule has 0 aromatic carbocycles. The van der Waals surface area contributed by atoms with Crippen molar-refractivity contribution in [1.29, 1.82) is 0 Å². The Balaban J connectivity index is 2.54. The smallest absolute Gasteiger partial charge is 0.0558 e. The molecule has 1 aliphatic heterocycles. The quantitative estimate of drug-likeness (QED) is 0.665. The van der Waals surface area contributed by atoms with Crippen molar-refractivity contribution in [2.24, 2.45) is 11.3 Å². The summed E-state index contributed by atoms with van der Waals surface area (Å²) in [5.41, 5.74) is 0.217. The third-order valence-electron chi connectivity index (χ3n) is 3.89. The van der Waals surface area contributed by atoms with Gasteiger partial charge in [-0.2, -0.15) is 0 Å². The van der Waals surface area contributed by atoms with Gasteiger partial charge < -0.3 is 15.2 Å². The van der Waals surface area contributed by atoms with E-state index in [-0.39, 0.29) is 12.0 Å². The van der Waals surface area contributed by atoms with Crippen LogP contribution in [-0.4, -0.2) is 62.0 Å². The summed E-state index contributed by atoms with van der Waals surface area (Å²) in [5, 5.41) is 12.8. The minimum Gasteiger partial charge on any atom is -0.395 e. The first-order valence-corrected chi connectivity index (χ1v) is 7.62. The van der Waals surface area contributed by atoms with Crippen molar-refractivity contribution in [2.45, 2.75) is 40.2 Å². The first-order chi connectivity index (χ1) is 8.99. The van der Waals surface area contributed by atoms with Crippen molar-refractivity contribution in [3.63, 3.8) is 0 Å². The molecule has 114 valence electrons. The fraction of sp³-hybridized carbons (Fsp3) is 1.00. The van der Waals surface area contributed by atoms with E-state index in [0.717, 1.165) is 45.8 Å². The van der Waals surface area contributed by atoms with Gasteiger partial charge in [-0.3, -0.25) is 4.90 Å². The lowest BCUT2D eigenvalue weighted by atomic mass is 9.86. The maximum absolute atomic E-state index is 9.20. The summed E-state index contributed by atoms with van der Waals surface area (Å²) in [6.45, 7) is 14.6. The topological polar surface area (TPSA) is 44.7 Å². The van der Waals surface area contributed by atoms with Crippen LogP contribution in [0.15, 0.2) is 0 Å². The zero-order valence-electron chi connectivity index (χ0n) is 13.1. The third-order valence-corrected chi connectivity index (χ3v) is 3.89. The van der Waals surface area contributed by atoms with Crippen molar-refractivity contribution in [3.05, 3.63) is 0 Å². The highest BCUT2D eigenvalue weighted by molar-refractivity contribution is 4.89. The SMILES string of the molecule is CC(C)CNCC1(CN(CCO)C(C)C)CCOC1. The number of hydrogen-bond donors (Lipinski definition) is 2. The number of ether oxygens (including phenoxy) is 1. The van der Waals surface area contributed by atoms with Crippen LogP contribution in [0.25, 0.3) is 0 Å². The molecular weight excluding hydrogens is 240 g/mol. The number of aliphatic hydroxyl groups excluding tert-OH is 1. The van der Waals surface area contributed by atoms with Crippen LogP contribution in [-0.2, 0) is 4.74 Å². The molecule has 1 saturated heterocycles. The van der Waals surface area contributed by atoms with Gasteiger partial charge in [-0.05, 0) is 32.7 Å². The van der Waals surface area contributed by atoms with E-state index < -0.39 is 0 Å². The molecule has 4 nitrogen and oxygen atoms in total. The van der Waals surface area contributed by atoms with Gasteiger partial charge in [0.25, 0.3) is 0 Å². The van der Waals surface area contributed by atoms with Crippen LogP contribution in [0.4, 0.5) is 0 Å². The van der Waals surface area contributed by atoms with Crippen molar-refractivity contribution in [2.75, 3.05) is 46.0 Å². The van der Waals surface area contributed by atoms with Crippen LogP contribution >= 0.6 is 0 Å². The van der Waals surface area contributed by atoms with Gasteiger partial charge in [-0.1, -0.05) is 13.8 Å². The van der Waals surface area contributed by atoms with Gasteiger partial charge in [-0.25, -0.2) is 0 Å². The molecule has 0 amide bonds. The number of nitrogens with one attached hydrogen (secondary N) is 1. The molecule has 1 unspecified atom stereocenters. The summed E-state index contributed by atoms with van der Waals surface area (Å²) in [6, 6.07) is 0.467. The second-order valence-corrected chi connectivity index (χ2v) is 6.62. The van der Waals surface area contributed by atoms with E-state index in [1.807, 2.05) is 0 Å². The Kier molecular flexibility index (Phi) is 7.29. The van der Waals surface area contributed by atoms with Crippen LogP contribution < -0.4 is 5.32 Å². The number of hydrogen-bond acceptors (Lipinski definition) is 4. The third kappa shape index (κ3) is 5.78. The summed E-state index contributed by atoms with van der Waals surface area (Å²) in [5.74, 6) is 0.679. The summed E-state index contributed by atoms with van der Waals surface area (Å²) < 4.78 is 5.65. The highest BCUT2D eigenvalue weighted by atomic mass is 16.5. The van der Waals surface area contributed by atoms with Crippen LogP contribution in [0.3, 0.4) is 0 Å². The molecule has 0 radical (unpaired) electrons. The fourth-order valence-corrected chi connectivity index (χ4v) is 2.67. The molecule has 1 aliphatic rings. The van der Waals surface area contributed by atoms with E-state index in [9.17, 15) is 5.11 Å². The monoisotopic (exact) mass is 272 g/mol. The summed E-state index contributed by atoms with van der Waals surface area (Å²) >= 11 is 0. The fourth-order valence-electron chi connectivity index (χ4n) is 2.67. The predicted octanol–water partition coefficient (Wildman–Crippen LogP) is 1.34. The Hall–Kier alpha value is -0.160. The summed E-state index contributed by atoms with van der Waals surface area (Å²) in [4.78, 5) is 2.37. The molecule has 1 atom stereocenters. The number of aliphatic hydroxyl groups is 1. The average molecular weight is 272 g/mol. The Labute approximate surface area is 118 Å². The van der Waals surface area contributed by atoms with Crippen LogP contribution in [0.2, 0.25) is 0 Å². The van der Waals surface area contributed by atoms with Crippen LogP contribution in [0.1, 0.15) is 34.1 Å². The van der Waals surface area contributed by atoms with E-state index in [1.165, 1.54) is 0 Å². The predicted molar refractivity (Wildman–Crippen MR) is 79.4 cm³/mol. The molecule has 0 aromatic rings. The first kappa shape index (κ1) is 16.9. The van der Waals surface area contributed by atoms with Gasteiger partial charge >= 0.3 is 0 Å². The highest BCUT2D eigenvalue weighted by Crippen LogP contribution is 2.29. The first-order valence-electron chi connectivity index (χ1n) is 7.62. The average Bonchev–Trinajstić information content (AvgIpc) is 2.77. The van der Waals surface area contributed by atoms with E-state index >= 15 is 0 Å². The van der Waals surface area contributed by atoms with Crippen molar-refractivity contribution in [1.82, 2.24) is 10.2 Å². The van der Waals surface area contributed by atoms with E-state index in [1.54, 1.807) is 0 Å². The zero-order chi connectivity index (χ0) is 14.3. The normalized spacial score (nSPS) is 24.0. The van der Waals surface area contributed by atoms with Crippen molar-refractivity contribution >= 4 is 0 Å². The second kappa shape index (κ2) is 8.20. The lowest BCUT2D eigenvalue weighted by Gasteiger charge is -2.36. The van der Waals surface area contributed by atoms with Gasteiger partial charge in [0.2, 0.25) is 0 Å². The highest BCUT2D eigenvalue weighted by Gasteiger charge is 2.36. The molecule has 0 saturated carbocycles. The van der Waals surface area contributed by atoms with E-state index in [2.05, 4.69) is 37.9 Å². The maximum Gasteiger partial charge on any atom is 0.0558 e. The molecule has 2 N–H and O–H groups in total. The molecule has 0 aliphatic carbocycles. The van der Waals surface area contributed by atoms with Gasteiger partial charge in [-0.15, -0.1) is 0 Å². The Morgan fingerprint density at radius 1 is 1.32 bits per heavy atom. The molecule has 1 rings (SSSR count). The van der Waals surface area contributed by atoms with E-state index in [0.29, 0.717) is 12.0 Å². The Morgan fingerprint density at radius 2 is 2.05 bits per heavy atom. The molecule has 0 spiro atoms. The minimum absolute atomic E-state index is 0.217. The molecule has 19 heavy (non-hydrogen) atoms. The van der Waals surface area contributed by atoms with Crippen molar-refractivity contribution in [3.8, 4) is 0 Å². The van der Waals surface area contributed by atoms with E-state index in [4.69, 9.17) is 4.74 Å². The lowest BCUT2D eigenvalue weighted by molar-refractivity contribution is 0.0797. The zero-order valence-corrected chi connectivity index (χ0v) is 13.1. The molecule has 1 heterocycles. The minimum atomic E-state index is 0.217. The largest absolute Gasteiger partial charge is 0.395 e. The molecule has 0 aromatic heterocycles. The van der Waals surface area contributed by atoms with Crippen molar-refractivity contribution < 1.29 is 9.84 Å². The van der Waals surface area contributed by atoms with Crippen LogP contribution in [0.5, 0.6) is 0 Å². The lowest BCUT2D eigenvalue weighted by Crippen LogP contribution is -2.48. The van der Waals surface area contributed by atoms with Gasteiger partial charge in [0, 0.05) is 37.7 Å². The Bertz CT molecular complexity index is 238. The Morgan fingerprint density at radius 3 is 2.53 bits per heavy atom. The molecular formula is C15H32N2O2. The van der Waals surface area contributed by atoms with Gasteiger partial charge in [0.1, 0.15) is 0 Å². The number of nitrogens with zero attached hydrogens (tertiary/aromatic N) is 1. The van der Waals surface area contributed by atoms with Gasteiger partial charge in [0.15, 0.2) is 0 Å². The number of rotatable bonds is 9. The maximum atomic E-state index is 9.20. The second-order valence-electron chi connectivity index (χ2n) is 6.62. The molecule has 0 bridgehead atoms. The standard InChI is InChI=1S/C15H32N2O2/c1-13(2)9-16-10-15(5-8-19-12-15)11-17(6-7-18)14(3)4/h13-14,16,18H,5-12H2,1-4H3.